The van der Waals surface area contributed by atoms with Crippen LogP contribution in [0.3, 0.4) is 0 Å². The molecule has 2 N–H and O–H groups in total. The zero-order chi connectivity index (χ0) is 25.4. The van der Waals surface area contributed by atoms with Crippen molar-refractivity contribution < 1.29 is 45.6 Å². The number of hydrogen-bond donors (Lipinski definition) is 2. The molecule has 196 valence electrons. The third kappa shape index (κ3) is 12.7. The SMILES string of the molecule is CO[Si](CCCNC(=O)OCC(C)(C)COC(=O)NCCC[Si](OC)(OC)OC)(OC)OC. The van der Waals surface area contributed by atoms with Crippen molar-refractivity contribution in [3.63, 3.8) is 0 Å². The number of ether oxygens (including phenoxy) is 2. The van der Waals surface area contributed by atoms with Gasteiger partial charge in [-0.25, -0.2) is 9.59 Å². The van der Waals surface area contributed by atoms with Crippen LogP contribution in [0.2, 0.25) is 12.1 Å². The molecule has 0 aromatic heterocycles. The molecule has 0 aliphatic carbocycles. The minimum atomic E-state index is -2.65. The van der Waals surface area contributed by atoms with Crippen molar-refractivity contribution in [1.29, 1.82) is 0 Å². The molecule has 12 nitrogen and oxygen atoms in total. The van der Waals surface area contributed by atoms with Gasteiger partial charge in [0.1, 0.15) is 13.2 Å². The van der Waals surface area contributed by atoms with Gasteiger partial charge < -0.3 is 46.7 Å². The maximum absolute atomic E-state index is 11.9. The molecule has 0 radical (unpaired) electrons. The molecule has 0 saturated carbocycles. The zero-order valence-corrected chi connectivity index (χ0v) is 23.2. The number of carbonyl (C=O) groups is 2. The Bertz CT molecular complexity index is 498. The molecule has 0 aromatic carbocycles. The Labute approximate surface area is 199 Å². The molecule has 0 bridgehead atoms. The third-order valence-electron chi connectivity index (χ3n) is 4.91. The van der Waals surface area contributed by atoms with Crippen LogP contribution in [-0.4, -0.2) is 98.8 Å². The molecule has 0 heterocycles. The summed E-state index contributed by atoms with van der Waals surface area (Å²) in [5.74, 6) is 0. The minimum absolute atomic E-state index is 0.0860. The van der Waals surface area contributed by atoms with E-state index in [9.17, 15) is 9.59 Å². The molecule has 0 saturated heterocycles. The second-order valence-corrected chi connectivity index (χ2v) is 14.1. The maximum Gasteiger partial charge on any atom is 0.500 e. The zero-order valence-electron chi connectivity index (χ0n) is 21.2. The van der Waals surface area contributed by atoms with Crippen LogP contribution in [0.25, 0.3) is 0 Å². The van der Waals surface area contributed by atoms with Gasteiger partial charge in [-0.15, -0.1) is 0 Å². The van der Waals surface area contributed by atoms with E-state index in [0.29, 0.717) is 38.0 Å². The van der Waals surface area contributed by atoms with Crippen molar-refractivity contribution >= 4 is 29.8 Å². The monoisotopic (exact) mass is 514 g/mol. The summed E-state index contributed by atoms with van der Waals surface area (Å²) in [4.78, 5) is 23.9. The Kier molecular flexibility index (Phi) is 15.7. The number of amides is 2. The van der Waals surface area contributed by atoms with Crippen LogP contribution in [-0.2, 0) is 36.0 Å². The van der Waals surface area contributed by atoms with Crippen LogP contribution in [0.4, 0.5) is 9.59 Å². The molecule has 14 heteroatoms. The predicted molar refractivity (Wildman–Crippen MR) is 125 cm³/mol. The lowest BCUT2D eigenvalue weighted by Crippen LogP contribution is -2.43. The van der Waals surface area contributed by atoms with Crippen LogP contribution in [0.15, 0.2) is 0 Å². The van der Waals surface area contributed by atoms with Crippen molar-refractivity contribution in [2.24, 2.45) is 5.41 Å². The second kappa shape index (κ2) is 16.4. The summed E-state index contributed by atoms with van der Waals surface area (Å²) in [6.07, 6.45) is 0.140. The molecule has 0 aliphatic heterocycles. The van der Waals surface area contributed by atoms with Crippen LogP contribution in [0.5, 0.6) is 0 Å². The summed E-state index contributed by atoms with van der Waals surface area (Å²) < 4.78 is 42.5. The van der Waals surface area contributed by atoms with Crippen molar-refractivity contribution in [2.75, 3.05) is 69.0 Å². The Morgan fingerprint density at radius 1 is 0.636 bits per heavy atom. The topological polar surface area (TPSA) is 132 Å². The van der Waals surface area contributed by atoms with E-state index in [1.165, 1.54) is 0 Å². The lowest BCUT2D eigenvalue weighted by atomic mass is 9.96. The van der Waals surface area contributed by atoms with E-state index < -0.39 is 35.2 Å². The fourth-order valence-corrected chi connectivity index (χ4v) is 6.21. The highest BCUT2D eigenvalue weighted by atomic mass is 28.4. The summed E-state index contributed by atoms with van der Waals surface area (Å²) >= 11 is 0. The Balaban J connectivity index is 4.10. The predicted octanol–water partition coefficient (Wildman–Crippen LogP) is 2.00. The first kappa shape index (κ1) is 31.7. The fraction of sp³-hybridized carbons (Fsp3) is 0.895. The van der Waals surface area contributed by atoms with Crippen LogP contribution >= 0.6 is 0 Å². The molecule has 0 atom stereocenters. The summed E-state index contributed by atoms with van der Waals surface area (Å²) in [7, 11) is 3.96. The van der Waals surface area contributed by atoms with Gasteiger partial charge in [0.05, 0.1) is 0 Å². The highest BCUT2D eigenvalue weighted by molar-refractivity contribution is 6.60. The van der Waals surface area contributed by atoms with E-state index in [0.717, 1.165) is 0 Å². The van der Waals surface area contributed by atoms with E-state index in [4.69, 9.17) is 36.0 Å². The third-order valence-corrected chi connectivity index (χ3v) is 10.6. The molecule has 0 unspecified atom stereocenters. The number of alkyl carbamates (subject to hydrolysis) is 2. The van der Waals surface area contributed by atoms with E-state index in [1.54, 1.807) is 42.7 Å². The van der Waals surface area contributed by atoms with Gasteiger partial charge >= 0.3 is 29.8 Å². The van der Waals surface area contributed by atoms with Gasteiger partial charge in [0.2, 0.25) is 0 Å². The smallest absolute Gasteiger partial charge is 0.449 e. The Morgan fingerprint density at radius 3 is 1.21 bits per heavy atom. The summed E-state index contributed by atoms with van der Waals surface area (Å²) in [5, 5.41) is 5.35. The first-order valence-electron chi connectivity index (χ1n) is 10.7. The average Bonchev–Trinajstić information content (AvgIpc) is 2.83. The van der Waals surface area contributed by atoms with Crippen molar-refractivity contribution in [3.8, 4) is 0 Å². The van der Waals surface area contributed by atoms with Gasteiger partial charge in [-0.1, -0.05) is 13.8 Å². The van der Waals surface area contributed by atoms with Gasteiger partial charge in [0.25, 0.3) is 0 Å². The minimum Gasteiger partial charge on any atom is -0.449 e. The van der Waals surface area contributed by atoms with Gasteiger partial charge in [-0.05, 0) is 12.8 Å². The molecule has 2 amide bonds. The largest absolute Gasteiger partial charge is 0.500 e. The molecule has 33 heavy (non-hydrogen) atoms. The van der Waals surface area contributed by atoms with Crippen molar-refractivity contribution in [1.82, 2.24) is 10.6 Å². The highest BCUT2D eigenvalue weighted by Crippen LogP contribution is 2.17. The number of hydrogen-bond acceptors (Lipinski definition) is 10. The Hall–Kier alpha value is -1.27. The van der Waals surface area contributed by atoms with E-state index in [-0.39, 0.29) is 13.2 Å². The van der Waals surface area contributed by atoms with E-state index in [2.05, 4.69) is 10.6 Å². The first-order valence-corrected chi connectivity index (χ1v) is 14.6. The van der Waals surface area contributed by atoms with Crippen LogP contribution < -0.4 is 10.6 Å². The highest BCUT2D eigenvalue weighted by Gasteiger charge is 2.37. The summed E-state index contributed by atoms with van der Waals surface area (Å²) in [6, 6.07) is 1.13. The van der Waals surface area contributed by atoms with Crippen LogP contribution in [0, 0.1) is 5.41 Å². The number of rotatable bonds is 18. The Morgan fingerprint density at radius 2 is 0.939 bits per heavy atom. The van der Waals surface area contributed by atoms with E-state index >= 15 is 0 Å². The maximum atomic E-state index is 11.9. The standard InChI is InChI=1S/C19H42N2O10Si2/c1-19(2,15-30-17(22)20-11-9-13-32(24-3,25-4)26-5)16-31-18(23)21-12-10-14-33(27-6,28-7)29-8/h9-16H2,1-8H3,(H,20,22)(H,21,23). The van der Waals surface area contributed by atoms with Gasteiger partial charge in [0, 0.05) is 73.3 Å². The van der Waals surface area contributed by atoms with Gasteiger partial charge in [-0.3, -0.25) is 0 Å². The van der Waals surface area contributed by atoms with Crippen molar-refractivity contribution in [2.45, 2.75) is 38.8 Å². The molecule has 0 spiro atoms. The molecule has 0 aromatic rings. The van der Waals surface area contributed by atoms with Crippen molar-refractivity contribution in [3.05, 3.63) is 0 Å². The molecular weight excluding hydrogens is 472 g/mol. The average molecular weight is 515 g/mol. The lowest BCUT2D eigenvalue weighted by molar-refractivity contribution is 0.0465. The summed E-state index contributed by atoms with van der Waals surface area (Å²) in [6.45, 7) is 4.62. The quantitative estimate of drug-likeness (QED) is 0.207. The molecule has 0 fully saturated rings. The normalized spacial score (nSPS) is 12.4. The van der Waals surface area contributed by atoms with Crippen LogP contribution in [0.1, 0.15) is 26.7 Å². The van der Waals surface area contributed by atoms with E-state index in [1.807, 2.05) is 13.8 Å². The second-order valence-electron chi connectivity index (χ2n) is 7.97. The summed E-state index contributed by atoms with van der Waals surface area (Å²) in [5.41, 5.74) is -0.552. The molecule has 0 rings (SSSR count). The first-order chi connectivity index (χ1) is 15.6. The lowest BCUT2D eigenvalue weighted by Gasteiger charge is -2.25. The van der Waals surface area contributed by atoms with Gasteiger partial charge in [0.15, 0.2) is 0 Å². The van der Waals surface area contributed by atoms with Gasteiger partial charge in [-0.2, -0.15) is 0 Å². The molecule has 0 aliphatic rings. The number of carbonyl (C=O) groups excluding carboxylic acids is 2. The number of nitrogens with one attached hydrogen (secondary N) is 2. The fourth-order valence-electron chi connectivity index (χ4n) is 2.77. The molecular formula is C19H42N2O10Si2.